The summed E-state index contributed by atoms with van der Waals surface area (Å²) in [5.74, 6) is 0. The molecule has 0 radical (unpaired) electrons. The van der Waals surface area contributed by atoms with Crippen LogP contribution in [-0.4, -0.2) is 13.3 Å². The molecular weight excluding hydrogens is 417 g/mol. The first kappa shape index (κ1) is 13.2. The summed E-state index contributed by atoms with van der Waals surface area (Å²) in [6, 6.07) is 8.88. The third-order valence-electron chi connectivity index (χ3n) is 2.21. The molecule has 1 rings (SSSR count). The summed E-state index contributed by atoms with van der Waals surface area (Å²) in [6.07, 6.45) is 0. The van der Waals surface area contributed by atoms with Gasteiger partial charge in [0, 0.05) is 0 Å². The molecule has 0 amide bonds. The number of halogens is 2. The van der Waals surface area contributed by atoms with Gasteiger partial charge >= 0.3 is 115 Å². The molecule has 0 N–H and O–H groups in total. The zero-order valence-corrected chi connectivity index (χ0v) is 14.4. The summed E-state index contributed by atoms with van der Waals surface area (Å²) in [4.78, 5) is -1.22. The second-order valence-corrected chi connectivity index (χ2v) is 18.8. The topological polar surface area (TPSA) is 0 Å². The fourth-order valence-corrected chi connectivity index (χ4v) is 5.18. The summed E-state index contributed by atoms with van der Waals surface area (Å²) in [7, 11) is 0. The molecule has 0 heterocycles. The number of benzene rings is 1. The first-order valence-electron chi connectivity index (χ1n) is 4.71. The second kappa shape index (κ2) is 4.54. The van der Waals surface area contributed by atoms with Crippen molar-refractivity contribution < 1.29 is 0 Å². The second-order valence-electron chi connectivity index (χ2n) is 4.49. The molecule has 0 aromatic heterocycles. The van der Waals surface area contributed by atoms with Gasteiger partial charge in [-0.1, -0.05) is 0 Å². The normalized spacial score (nSPS) is 14.1. The van der Waals surface area contributed by atoms with Crippen molar-refractivity contribution in [3.63, 3.8) is 0 Å². The number of rotatable bonds is 2. The van der Waals surface area contributed by atoms with Crippen LogP contribution in [0.3, 0.4) is 0 Å². The zero-order chi connectivity index (χ0) is 11.0. The third-order valence-corrected chi connectivity index (χ3v) is 6.25. The van der Waals surface area contributed by atoms with Crippen LogP contribution in [0.1, 0.15) is 19.4 Å². The average Bonchev–Trinajstić information content (AvgIpc) is 2.01. The van der Waals surface area contributed by atoms with Gasteiger partial charge in [-0.15, -0.1) is 0 Å². The van der Waals surface area contributed by atoms with Gasteiger partial charge in [-0.3, -0.25) is 0 Å². The Bertz CT molecular complexity index is 288. The van der Waals surface area contributed by atoms with E-state index in [4.69, 9.17) is 0 Å². The molecule has 0 unspecified atom stereocenters. The SMILES string of the molecule is CC(C)(I)c1ccccc1[PH](C)(C)I. The van der Waals surface area contributed by atoms with Crippen LogP contribution in [0.2, 0.25) is 0 Å². The standard InChI is InChI=1S/C11H17I2P/c1-11(2,12)9-7-5-6-8-10(9)14(3,4)13/h5-8,14H,1-4H3. The minimum absolute atomic E-state index is 0.240. The van der Waals surface area contributed by atoms with Gasteiger partial charge in [0.1, 0.15) is 0 Å². The predicted octanol–water partition coefficient (Wildman–Crippen LogP) is 4.34. The number of alkyl halides is 1. The van der Waals surface area contributed by atoms with E-state index in [1.165, 1.54) is 5.56 Å². The zero-order valence-electron chi connectivity index (χ0n) is 9.07. The van der Waals surface area contributed by atoms with Gasteiger partial charge in [0.25, 0.3) is 0 Å². The molecule has 0 spiro atoms. The van der Waals surface area contributed by atoms with Crippen molar-refractivity contribution in [2.24, 2.45) is 0 Å². The van der Waals surface area contributed by atoms with E-state index in [1.54, 1.807) is 5.30 Å². The quantitative estimate of drug-likeness (QED) is 0.369. The molecule has 0 aliphatic carbocycles. The van der Waals surface area contributed by atoms with Gasteiger partial charge < -0.3 is 0 Å². The Morgan fingerprint density at radius 2 is 1.64 bits per heavy atom. The van der Waals surface area contributed by atoms with E-state index < -0.39 is 4.90 Å². The predicted molar refractivity (Wildman–Crippen MR) is 87.3 cm³/mol. The van der Waals surface area contributed by atoms with Crippen LogP contribution in [0.4, 0.5) is 0 Å². The summed E-state index contributed by atoms with van der Waals surface area (Å²) in [6.45, 7) is 9.36. The van der Waals surface area contributed by atoms with Crippen LogP contribution in [0, 0.1) is 0 Å². The van der Waals surface area contributed by atoms with Crippen LogP contribution < -0.4 is 5.30 Å². The summed E-state index contributed by atoms with van der Waals surface area (Å²) in [5, 5.41) is 1.58. The Morgan fingerprint density at radius 1 is 1.14 bits per heavy atom. The fourth-order valence-electron chi connectivity index (χ4n) is 1.52. The van der Waals surface area contributed by atoms with Gasteiger partial charge in [0.05, 0.1) is 0 Å². The summed E-state index contributed by atoms with van der Waals surface area (Å²) >= 11 is 5.17. The van der Waals surface area contributed by atoms with E-state index in [0.29, 0.717) is 0 Å². The Balaban J connectivity index is 3.31. The van der Waals surface area contributed by atoms with Crippen molar-refractivity contribution >= 4 is 54.8 Å². The van der Waals surface area contributed by atoms with E-state index in [1.807, 2.05) is 0 Å². The average molecular weight is 434 g/mol. The Hall–Kier alpha value is 1.11. The molecule has 0 bridgehead atoms. The summed E-state index contributed by atoms with van der Waals surface area (Å²) in [5.41, 5.74) is 1.51. The van der Waals surface area contributed by atoms with Crippen molar-refractivity contribution in [2.45, 2.75) is 17.3 Å². The van der Waals surface area contributed by atoms with Crippen molar-refractivity contribution in [1.29, 1.82) is 0 Å². The molecule has 0 fully saturated rings. The van der Waals surface area contributed by atoms with Crippen molar-refractivity contribution in [3.8, 4) is 0 Å². The monoisotopic (exact) mass is 434 g/mol. The molecule has 0 nitrogen and oxygen atoms in total. The van der Waals surface area contributed by atoms with Crippen LogP contribution in [-0.2, 0) is 3.42 Å². The van der Waals surface area contributed by atoms with E-state index in [2.05, 4.69) is 96.1 Å². The maximum absolute atomic E-state index is 2.64. The third kappa shape index (κ3) is 3.31. The van der Waals surface area contributed by atoms with Crippen LogP contribution >= 0.6 is 49.5 Å². The van der Waals surface area contributed by atoms with E-state index in [9.17, 15) is 0 Å². The molecule has 0 saturated carbocycles. The molecule has 1 aromatic carbocycles. The molecule has 0 atom stereocenters. The minimum atomic E-state index is -1.22. The van der Waals surface area contributed by atoms with Crippen molar-refractivity contribution in [1.82, 2.24) is 0 Å². The van der Waals surface area contributed by atoms with Gasteiger partial charge in [0.2, 0.25) is 0 Å². The van der Waals surface area contributed by atoms with Crippen LogP contribution in [0.15, 0.2) is 24.3 Å². The fraction of sp³-hybridized carbons (Fsp3) is 0.455. The molecule has 1 aromatic rings. The number of hydrogen-bond donors (Lipinski definition) is 0. The van der Waals surface area contributed by atoms with Crippen molar-refractivity contribution in [2.75, 3.05) is 13.3 Å². The van der Waals surface area contributed by atoms with Gasteiger partial charge in [-0.25, -0.2) is 0 Å². The Morgan fingerprint density at radius 3 is 2.00 bits per heavy atom. The molecule has 14 heavy (non-hydrogen) atoms. The molecule has 0 aliphatic heterocycles. The number of hydrogen-bond acceptors (Lipinski definition) is 0. The molecule has 3 heteroatoms. The molecule has 80 valence electrons. The first-order valence-corrected chi connectivity index (χ1v) is 11.9. The van der Waals surface area contributed by atoms with Gasteiger partial charge in [-0.05, 0) is 0 Å². The summed E-state index contributed by atoms with van der Waals surface area (Å²) < 4.78 is 0.240. The molecule has 0 saturated heterocycles. The van der Waals surface area contributed by atoms with Gasteiger partial charge in [0.15, 0.2) is 0 Å². The Labute approximate surface area is 114 Å². The molecular formula is C11H17I2P. The van der Waals surface area contributed by atoms with Crippen LogP contribution in [0.25, 0.3) is 0 Å². The van der Waals surface area contributed by atoms with Crippen LogP contribution in [0.5, 0.6) is 0 Å². The Kier molecular flexibility index (Phi) is 4.27. The van der Waals surface area contributed by atoms with E-state index in [-0.39, 0.29) is 3.42 Å². The first-order chi connectivity index (χ1) is 6.23. The molecule has 0 aliphatic rings. The maximum atomic E-state index is 2.64. The van der Waals surface area contributed by atoms with E-state index in [0.717, 1.165) is 0 Å². The van der Waals surface area contributed by atoms with Gasteiger partial charge in [-0.2, -0.15) is 0 Å². The van der Waals surface area contributed by atoms with E-state index >= 15 is 0 Å². The van der Waals surface area contributed by atoms with Crippen molar-refractivity contribution in [3.05, 3.63) is 29.8 Å².